The quantitative estimate of drug-likeness (QED) is 0.410. The molecule has 0 radical (unpaired) electrons. The highest BCUT2D eigenvalue weighted by atomic mass is 35.5. The van der Waals surface area contributed by atoms with Crippen LogP contribution >= 0.6 is 23.2 Å². The normalized spacial score (nSPS) is 17.5. The lowest BCUT2D eigenvalue weighted by Crippen LogP contribution is -2.52. The predicted molar refractivity (Wildman–Crippen MR) is 140 cm³/mol. The number of nitrogens with zero attached hydrogens (tertiary/aromatic N) is 3. The summed E-state index contributed by atoms with van der Waals surface area (Å²) in [5.74, 6) is 1.04. The van der Waals surface area contributed by atoms with Crippen LogP contribution in [0.4, 0.5) is 5.95 Å². The summed E-state index contributed by atoms with van der Waals surface area (Å²) in [4.78, 5) is 25.9. The van der Waals surface area contributed by atoms with Crippen LogP contribution in [0, 0.1) is 0 Å². The maximum absolute atomic E-state index is 11.8. The van der Waals surface area contributed by atoms with E-state index in [0.29, 0.717) is 70.3 Å². The van der Waals surface area contributed by atoms with Gasteiger partial charge in [0.15, 0.2) is 0 Å². The van der Waals surface area contributed by atoms with Crippen LogP contribution in [0.25, 0.3) is 22.2 Å². The van der Waals surface area contributed by atoms with Gasteiger partial charge in [0.1, 0.15) is 11.5 Å². The van der Waals surface area contributed by atoms with E-state index in [1.54, 1.807) is 12.3 Å². The molecule has 3 heterocycles. The van der Waals surface area contributed by atoms with Crippen molar-refractivity contribution in [1.82, 2.24) is 20.3 Å². The van der Waals surface area contributed by atoms with E-state index >= 15 is 0 Å². The number of hydrogen-bond acceptors (Lipinski definition) is 8. The molecule has 1 aliphatic rings. The number of benzene rings is 1. The van der Waals surface area contributed by atoms with E-state index in [-0.39, 0.29) is 18.0 Å². The molecule has 1 aliphatic heterocycles. The second-order valence-corrected chi connectivity index (χ2v) is 8.91. The number of ether oxygens (including phenoxy) is 3. The zero-order chi connectivity index (χ0) is 25.8. The van der Waals surface area contributed by atoms with Crippen LogP contribution in [0.5, 0.6) is 11.5 Å². The van der Waals surface area contributed by atoms with Gasteiger partial charge in [-0.2, -0.15) is 0 Å². The predicted octanol–water partition coefficient (Wildman–Crippen LogP) is 4.45. The fourth-order valence-electron chi connectivity index (χ4n) is 4.12. The van der Waals surface area contributed by atoms with Gasteiger partial charge < -0.3 is 24.8 Å². The Labute approximate surface area is 219 Å². The average Bonchev–Trinajstić information content (AvgIpc) is 2.89. The van der Waals surface area contributed by atoms with E-state index in [0.717, 1.165) is 11.1 Å². The van der Waals surface area contributed by atoms with Gasteiger partial charge in [-0.1, -0.05) is 36.7 Å². The summed E-state index contributed by atoms with van der Waals surface area (Å²) in [5.41, 5.74) is 2.51. The lowest BCUT2D eigenvalue weighted by atomic mass is 10.0. The topological polar surface area (TPSA) is 107 Å². The number of rotatable bonds is 8. The van der Waals surface area contributed by atoms with Gasteiger partial charge in [-0.05, 0) is 25.0 Å². The van der Waals surface area contributed by atoms with Crippen molar-refractivity contribution in [1.29, 1.82) is 0 Å². The summed E-state index contributed by atoms with van der Waals surface area (Å²) in [6, 6.07) is 3.14. The molecule has 4 rings (SSSR count). The summed E-state index contributed by atoms with van der Waals surface area (Å²) in [6.45, 7) is 6.49. The number of aromatic nitrogens is 3. The molecular weight excluding hydrogens is 505 g/mol. The zero-order valence-electron chi connectivity index (χ0n) is 20.2. The van der Waals surface area contributed by atoms with Crippen LogP contribution in [0.2, 0.25) is 10.0 Å². The van der Waals surface area contributed by atoms with E-state index in [1.807, 2.05) is 13.0 Å². The molecule has 11 heteroatoms. The molecule has 1 saturated heterocycles. The third-order valence-corrected chi connectivity index (χ3v) is 6.74. The number of fused-ring (bicyclic) bond motifs is 1. The molecule has 36 heavy (non-hydrogen) atoms. The molecule has 0 saturated carbocycles. The molecular formula is C25H27Cl2N5O4. The monoisotopic (exact) mass is 531 g/mol. The summed E-state index contributed by atoms with van der Waals surface area (Å²) in [7, 11) is 3.05. The first kappa shape index (κ1) is 25.9. The molecule has 2 atom stereocenters. The first-order valence-electron chi connectivity index (χ1n) is 11.4. The van der Waals surface area contributed by atoms with Gasteiger partial charge in [-0.25, -0.2) is 9.97 Å². The molecule has 3 aromatic rings. The Bertz CT molecular complexity index is 1280. The van der Waals surface area contributed by atoms with E-state index in [1.165, 1.54) is 20.3 Å². The minimum Gasteiger partial charge on any atom is -0.495 e. The average molecular weight is 532 g/mol. The third kappa shape index (κ3) is 5.18. The van der Waals surface area contributed by atoms with Crippen molar-refractivity contribution in [2.24, 2.45) is 0 Å². The molecule has 190 valence electrons. The SMILES string of the molecule is C=CC(=O)N[C@H]1CCOC[C@H]1Nc1ncc2cc(-c3c(Cl)c(OC)cc(OC)c3Cl)nc(CC)c2n1. The zero-order valence-corrected chi connectivity index (χ0v) is 21.7. The fourth-order valence-corrected chi connectivity index (χ4v) is 4.82. The lowest BCUT2D eigenvalue weighted by Gasteiger charge is -2.32. The molecule has 0 unspecified atom stereocenters. The van der Waals surface area contributed by atoms with Gasteiger partial charge in [0.05, 0.1) is 59.9 Å². The molecule has 0 spiro atoms. The Kier molecular flexibility index (Phi) is 8.13. The van der Waals surface area contributed by atoms with Crippen LogP contribution in [-0.4, -0.2) is 60.4 Å². The van der Waals surface area contributed by atoms with Gasteiger partial charge in [-0.15, -0.1) is 0 Å². The minimum absolute atomic E-state index is 0.137. The fraction of sp³-hybridized carbons (Fsp3) is 0.360. The Hall–Kier alpha value is -3.14. The summed E-state index contributed by atoms with van der Waals surface area (Å²) in [6.07, 6.45) is 4.25. The number of carbonyl (C=O) groups excluding carboxylic acids is 1. The highest BCUT2D eigenvalue weighted by Gasteiger charge is 2.28. The molecule has 2 aromatic heterocycles. The summed E-state index contributed by atoms with van der Waals surface area (Å²) >= 11 is 13.2. The minimum atomic E-state index is -0.232. The largest absolute Gasteiger partial charge is 0.495 e. The maximum Gasteiger partial charge on any atom is 0.243 e. The Morgan fingerprint density at radius 2 is 1.92 bits per heavy atom. The maximum atomic E-state index is 11.8. The molecule has 1 amide bonds. The van der Waals surface area contributed by atoms with Crippen molar-refractivity contribution in [2.75, 3.05) is 32.8 Å². The molecule has 1 aromatic carbocycles. The summed E-state index contributed by atoms with van der Waals surface area (Å²) in [5, 5.41) is 7.68. The van der Waals surface area contributed by atoms with Crippen LogP contribution < -0.4 is 20.1 Å². The number of methoxy groups -OCH3 is 2. The van der Waals surface area contributed by atoms with Crippen molar-refractivity contribution in [3.8, 4) is 22.8 Å². The Balaban J connectivity index is 1.72. The standard InChI is InChI=1S/C25H27Cl2N5O4/c1-5-14-24-13(9-16(29-14)21-22(26)18(34-3)10-19(35-4)23(21)27)11-28-25(32-24)31-17-12-36-8-7-15(17)30-20(33)6-2/h6,9-11,15,17H,2,5,7-8,12H2,1,3-4H3,(H,30,33)(H,28,31,32)/t15-,17+/m0/s1. The molecule has 0 aliphatic carbocycles. The van der Waals surface area contributed by atoms with Crippen molar-refractivity contribution in [2.45, 2.75) is 31.8 Å². The number of pyridine rings is 1. The Morgan fingerprint density at radius 3 is 2.56 bits per heavy atom. The lowest BCUT2D eigenvalue weighted by molar-refractivity contribution is -0.117. The first-order valence-corrected chi connectivity index (χ1v) is 12.2. The summed E-state index contributed by atoms with van der Waals surface area (Å²) < 4.78 is 16.4. The van der Waals surface area contributed by atoms with E-state index < -0.39 is 0 Å². The molecule has 9 nitrogen and oxygen atoms in total. The van der Waals surface area contributed by atoms with Crippen molar-refractivity contribution in [3.05, 3.63) is 46.7 Å². The van der Waals surface area contributed by atoms with Crippen LogP contribution in [0.1, 0.15) is 19.0 Å². The number of halogens is 2. The van der Waals surface area contributed by atoms with Crippen molar-refractivity contribution in [3.63, 3.8) is 0 Å². The van der Waals surface area contributed by atoms with E-state index in [9.17, 15) is 4.79 Å². The number of hydrogen-bond donors (Lipinski definition) is 2. The molecule has 1 fully saturated rings. The third-order valence-electron chi connectivity index (χ3n) is 5.99. The van der Waals surface area contributed by atoms with Crippen LogP contribution in [-0.2, 0) is 16.0 Å². The van der Waals surface area contributed by atoms with Gasteiger partial charge in [0.2, 0.25) is 11.9 Å². The van der Waals surface area contributed by atoms with Crippen LogP contribution in [0.3, 0.4) is 0 Å². The second-order valence-electron chi connectivity index (χ2n) is 8.16. The Morgan fingerprint density at radius 1 is 1.19 bits per heavy atom. The van der Waals surface area contributed by atoms with Gasteiger partial charge in [0, 0.05) is 29.8 Å². The number of amides is 1. The van der Waals surface area contributed by atoms with Crippen molar-refractivity contribution < 1.29 is 19.0 Å². The smallest absolute Gasteiger partial charge is 0.243 e. The van der Waals surface area contributed by atoms with E-state index in [4.69, 9.17) is 47.4 Å². The highest BCUT2D eigenvalue weighted by Crippen LogP contribution is 2.45. The van der Waals surface area contributed by atoms with Crippen molar-refractivity contribution >= 4 is 46.0 Å². The van der Waals surface area contributed by atoms with E-state index in [2.05, 4.69) is 22.2 Å². The number of nitrogens with one attached hydrogen (secondary N) is 2. The molecule has 0 bridgehead atoms. The molecule has 2 N–H and O–H groups in total. The first-order chi connectivity index (χ1) is 17.4. The highest BCUT2D eigenvalue weighted by molar-refractivity contribution is 6.41. The van der Waals surface area contributed by atoms with Gasteiger partial charge in [0.25, 0.3) is 0 Å². The number of aryl methyl sites for hydroxylation is 1. The number of anilines is 1. The number of carbonyl (C=O) groups is 1. The van der Waals surface area contributed by atoms with Gasteiger partial charge in [-0.3, -0.25) is 9.78 Å². The van der Waals surface area contributed by atoms with Gasteiger partial charge >= 0.3 is 0 Å². The van der Waals surface area contributed by atoms with Crippen LogP contribution in [0.15, 0.2) is 31.0 Å². The second kappa shape index (κ2) is 11.3.